The summed E-state index contributed by atoms with van der Waals surface area (Å²) in [5.41, 5.74) is 0. The lowest BCUT2D eigenvalue weighted by molar-refractivity contribution is 0.236. The van der Waals surface area contributed by atoms with Crippen LogP contribution in [0.25, 0.3) is 0 Å². The minimum atomic E-state index is 0.854. The maximum Gasteiger partial charge on any atom is 0.00952 e. The fraction of sp³-hybridized carbons (Fsp3) is 1.00. The fourth-order valence-corrected chi connectivity index (χ4v) is 5.63. The highest BCUT2D eigenvalue weighted by Crippen LogP contribution is 2.56. The monoisotopic (exact) mass is 233 g/mol. The molecule has 4 fully saturated rings. The van der Waals surface area contributed by atoms with E-state index in [0.29, 0.717) is 0 Å². The lowest BCUT2D eigenvalue weighted by Gasteiger charge is -2.30. The average molecular weight is 233 g/mol. The van der Waals surface area contributed by atoms with E-state index in [-0.39, 0.29) is 0 Å². The van der Waals surface area contributed by atoms with Crippen molar-refractivity contribution in [2.24, 2.45) is 35.5 Å². The van der Waals surface area contributed by atoms with E-state index in [1.54, 1.807) is 44.9 Å². The molecule has 4 aliphatic rings. The highest BCUT2D eigenvalue weighted by Gasteiger charge is 2.48. The predicted molar refractivity (Wildman–Crippen MR) is 70.7 cm³/mol. The normalized spacial score (nSPS) is 52.8. The number of fused-ring (bicyclic) bond motifs is 3. The van der Waals surface area contributed by atoms with Crippen LogP contribution in [-0.2, 0) is 0 Å². The third-order valence-corrected chi connectivity index (χ3v) is 6.66. The van der Waals surface area contributed by atoms with Gasteiger partial charge in [0.2, 0.25) is 0 Å². The second-order valence-electron chi connectivity index (χ2n) is 7.55. The third-order valence-electron chi connectivity index (χ3n) is 6.66. The summed E-state index contributed by atoms with van der Waals surface area (Å²) < 4.78 is 0. The Morgan fingerprint density at radius 2 is 1.76 bits per heavy atom. The van der Waals surface area contributed by atoms with Crippen molar-refractivity contribution in [3.63, 3.8) is 0 Å². The van der Waals surface area contributed by atoms with Gasteiger partial charge in [0, 0.05) is 6.04 Å². The molecule has 4 rings (SSSR count). The quantitative estimate of drug-likeness (QED) is 0.784. The van der Waals surface area contributed by atoms with Crippen LogP contribution in [0.2, 0.25) is 0 Å². The van der Waals surface area contributed by atoms with Gasteiger partial charge in [0.05, 0.1) is 0 Å². The minimum Gasteiger partial charge on any atom is -0.317 e. The van der Waals surface area contributed by atoms with Crippen molar-refractivity contribution >= 4 is 0 Å². The first-order valence-electron chi connectivity index (χ1n) is 8.00. The summed E-state index contributed by atoms with van der Waals surface area (Å²) >= 11 is 0. The van der Waals surface area contributed by atoms with Gasteiger partial charge in [-0.3, -0.25) is 0 Å². The van der Waals surface area contributed by atoms with Gasteiger partial charge in [-0.25, -0.2) is 0 Å². The second kappa shape index (κ2) is 3.98. The van der Waals surface area contributed by atoms with Crippen molar-refractivity contribution in [2.45, 2.75) is 57.4 Å². The molecule has 96 valence electrons. The zero-order valence-electron chi connectivity index (χ0n) is 11.2. The van der Waals surface area contributed by atoms with Crippen molar-refractivity contribution in [2.75, 3.05) is 7.05 Å². The Hall–Kier alpha value is -0.0400. The largest absolute Gasteiger partial charge is 0.317 e. The molecular formula is C16H27N. The molecule has 0 saturated heterocycles. The predicted octanol–water partition coefficient (Wildman–Crippen LogP) is 3.45. The zero-order chi connectivity index (χ0) is 11.4. The maximum atomic E-state index is 3.67. The first-order valence-corrected chi connectivity index (χ1v) is 8.00. The lowest BCUT2D eigenvalue weighted by Crippen LogP contribution is -2.36. The molecule has 0 aromatic rings. The lowest BCUT2D eigenvalue weighted by atomic mass is 9.80. The molecular weight excluding hydrogens is 206 g/mol. The molecule has 0 radical (unpaired) electrons. The van der Waals surface area contributed by atoms with Gasteiger partial charge in [-0.1, -0.05) is 6.42 Å². The molecule has 4 saturated carbocycles. The summed E-state index contributed by atoms with van der Waals surface area (Å²) in [5.74, 6) is 6.66. The summed E-state index contributed by atoms with van der Waals surface area (Å²) in [6.07, 6.45) is 12.4. The molecule has 0 heterocycles. The van der Waals surface area contributed by atoms with Crippen LogP contribution in [0.1, 0.15) is 51.4 Å². The van der Waals surface area contributed by atoms with Crippen LogP contribution >= 0.6 is 0 Å². The molecule has 0 aliphatic heterocycles. The van der Waals surface area contributed by atoms with Gasteiger partial charge in [-0.05, 0) is 87.5 Å². The highest BCUT2D eigenvalue weighted by atomic mass is 14.9. The van der Waals surface area contributed by atoms with Gasteiger partial charge >= 0.3 is 0 Å². The van der Waals surface area contributed by atoms with E-state index in [1.807, 2.05) is 0 Å². The van der Waals surface area contributed by atoms with Crippen LogP contribution in [0, 0.1) is 35.5 Å². The Morgan fingerprint density at radius 1 is 0.941 bits per heavy atom. The summed E-state index contributed by atoms with van der Waals surface area (Å²) in [4.78, 5) is 0. The molecule has 1 N–H and O–H groups in total. The van der Waals surface area contributed by atoms with E-state index < -0.39 is 0 Å². The molecule has 6 atom stereocenters. The maximum absolute atomic E-state index is 3.67. The molecule has 17 heavy (non-hydrogen) atoms. The highest BCUT2D eigenvalue weighted by molar-refractivity contribution is 5.00. The topological polar surface area (TPSA) is 12.0 Å². The van der Waals surface area contributed by atoms with Crippen molar-refractivity contribution in [3.05, 3.63) is 0 Å². The number of hydrogen-bond acceptors (Lipinski definition) is 1. The molecule has 0 aromatic carbocycles. The first-order chi connectivity index (χ1) is 8.33. The van der Waals surface area contributed by atoms with Gasteiger partial charge in [0.1, 0.15) is 0 Å². The fourth-order valence-electron chi connectivity index (χ4n) is 5.63. The molecule has 0 aromatic heterocycles. The Bertz CT molecular complexity index is 290. The van der Waals surface area contributed by atoms with Gasteiger partial charge < -0.3 is 5.32 Å². The van der Waals surface area contributed by atoms with Gasteiger partial charge in [0.25, 0.3) is 0 Å². The number of rotatable bonds is 4. The Labute approximate surface area is 106 Å². The van der Waals surface area contributed by atoms with Crippen LogP contribution in [0.5, 0.6) is 0 Å². The van der Waals surface area contributed by atoms with E-state index >= 15 is 0 Å². The first kappa shape index (κ1) is 10.8. The third kappa shape index (κ3) is 1.85. The van der Waals surface area contributed by atoms with E-state index in [9.17, 15) is 0 Å². The minimum absolute atomic E-state index is 0.854. The number of hydrogen-bond donors (Lipinski definition) is 1. The molecule has 4 aliphatic carbocycles. The molecule has 1 heteroatoms. The van der Waals surface area contributed by atoms with Crippen molar-refractivity contribution in [1.82, 2.24) is 5.32 Å². The van der Waals surface area contributed by atoms with Gasteiger partial charge in [-0.15, -0.1) is 0 Å². The number of nitrogens with one attached hydrogen (secondary N) is 1. The second-order valence-corrected chi connectivity index (χ2v) is 7.55. The van der Waals surface area contributed by atoms with E-state index in [4.69, 9.17) is 0 Å². The van der Waals surface area contributed by atoms with Crippen molar-refractivity contribution < 1.29 is 0 Å². The van der Waals surface area contributed by atoms with Crippen LogP contribution < -0.4 is 5.32 Å². The molecule has 2 bridgehead atoms. The SMILES string of the molecule is CNC(CC1CC2CCC1C2)C1CC2CC2C1. The molecule has 0 amide bonds. The van der Waals surface area contributed by atoms with Crippen LogP contribution in [-0.4, -0.2) is 13.1 Å². The van der Waals surface area contributed by atoms with E-state index in [1.165, 1.54) is 6.42 Å². The summed E-state index contributed by atoms with van der Waals surface area (Å²) in [6.45, 7) is 0. The van der Waals surface area contributed by atoms with E-state index in [0.717, 1.165) is 41.5 Å². The van der Waals surface area contributed by atoms with Crippen LogP contribution in [0.4, 0.5) is 0 Å². The molecule has 6 unspecified atom stereocenters. The molecule has 1 nitrogen and oxygen atoms in total. The Balaban J connectivity index is 1.36. The Morgan fingerprint density at radius 3 is 2.35 bits per heavy atom. The summed E-state index contributed by atoms with van der Waals surface area (Å²) in [6, 6.07) is 0.854. The van der Waals surface area contributed by atoms with Gasteiger partial charge in [-0.2, -0.15) is 0 Å². The van der Waals surface area contributed by atoms with Crippen LogP contribution in [0.3, 0.4) is 0 Å². The van der Waals surface area contributed by atoms with E-state index in [2.05, 4.69) is 12.4 Å². The zero-order valence-corrected chi connectivity index (χ0v) is 11.2. The Kier molecular flexibility index (Phi) is 2.54. The summed E-state index contributed by atoms with van der Waals surface area (Å²) in [5, 5.41) is 3.67. The van der Waals surface area contributed by atoms with Crippen molar-refractivity contribution in [3.8, 4) is 0 Å². The van der Waals surface area contributed by atoms with Crippen LogP contribution in [0.15, 0.2) is 0 Å². The smallest absolute Gasteiger partial charge is 0.00952 e. The van der Waals surface area contributed by atoms with Gasteiger partial charge in [0.15, 0.2) is 0 Å². The molecule has 0 spiro atoms. The van der Waals surface area contributed by atoms with Crippen molar-refractivity contribution in [1.29, 1.82) is 0 Å². The standard InChI is InChI=1S/C16H27N/c1-17-16(15-7-13-6-14(13)8-15)9-12-5-10-2-3-11(12)4-10/h10-17H,2-9H2,1H3. The average Bonchev–Trinajstić information content (AvgIpc) is 2.79. The summed E-state index contributed by atoms with van der Waals surface area (Å²) in [7, 11) is 2.21.